The van der Waals surface area contributed by atoms with E-state index in [0.717, 1.165) is 17.5 Å². The molecule has 0 saturated carbocycles. The summed E-state index contributed by atoms with van der Waals surface area (Å²) in [5, 5.41) is 4.83. The van der Waals surface area contributed by atoms with Crippen molar-refractivity contribution >= 4 is 22.7 Å². The molecule has 19 heavy (non-hydrogen) atoms. The third kappa shape index (κ3) is 2.81. The number of carbonyl (C=O) groups is 2. The average molecular weight is 261 g/mol. The Kier molecular flexibility index (Phi) is 3.94. The van der Waals surface area contributed by atoms with Gasteiger partial charge in [-0.3, -0.25) is 9.59 Å². The van der Waals surface area contributed by atoms with Crippen molar-refractivity contribution in [2.45, 2.75) is 26.7 Å². The maximum atomic E-state index is 11.9. The molecule has 5 nitrogen and oxygen atoms in total. The van der Waals surface area contributed by atoms with Crippen LogP contribution >= 0.6 is 0 Å². The van der Waals surface area contributed by atoms with E-state index >= 15 is 0 Å². The fraction of sp³-hybridized carbons (Fsp3) is 0.357. The molecule has 0 unspecified atom stereocenters. The van der Waals surface area contributed by atoms with Gasteiger partial charge in [-0.2, -0.15) is 0 Å². The number of carbonyl (C=O) groups excluding carboxylic acids is 2. The number of benzene rings is 1. The molecule has 1 heterocycles. The highest BCUT2D eigenvalue weighted by Crippen LogP contribution is 2.21. The number of aromatic nitrogens is 1. The molecule has 0 aliphatic heterocycles. The summed E-state index contributed by atoms with van der Waals surface area (Å²) in [5.74, 6) is -0.797. The number of hydrogen-bond acceptors (Lipinski definition) is 5. The third-order valence-corrected chi connectivity index (χ3v) is 2.81. The SMILES string of the molecule is CCOC(=O)CC(=O)c1ccc2c(CC)noc2c1. The molecule has 0 saturated heterocycles. The zero-order valence-corrected chi connectivity index (χ0v) is 10.9. The highest BCUT2D eigenvalue weighted by molar-refractivity contribution is 6.07. The van der Waals surface area contributed by atoms with E-state index in [4.69, 9.17) is 9.26 Å². The number of nitrogens with zero attached hydrogens (tertiary/aromatic N) is 1. The van der Waals surface area contributed by atoms with Gasteiger partial charge in [-0.25, -0.2) is 0 Å². The van der Waals surface area contributed by atoms with Crippen LogP contribution in [0.4, 0.5) is 0 Å². The number of fused-ring (bicyclic) bond motifs is 1. The topological polar surface area (TPSA) is 69.4 Å². The van der Waals surface area contributed by atoms with E-state index in [0.29, 0.717) is 11.1 Å². The summed E-state index contributed by atoms with van der Waals surface area (Å²) >= 11 is 0. The maximum Gasteiger partial charge on any atom is 0.313 e. The highest BCUT2D eigenvalue weighted by atomic mass is 16.5. The second-order valence-electron chi connectivity index (χ2n) is 4.10. The molecule has 0 bridgehead atoms. The largest absolute Gasteiger partial charge is 0.466 e. The molecule has 0 aliphatic rings. The van der Waals surface area contributed by atoms with Gasteiger partial charge in [0.1, 0.15) is 6.42 Å². The van der Waals surface area contributed by atoms with Gasteiger partial charge in [-0.05, 0) is 25.5 Å². The fourth-order valence-corrected chi connectivity index (χ4v) is 1.86. The minimum absolute atomic E-state index is 0.256. The van der Waals surface area contributed by atoms with Gasteiger partial charge < -0.3 is 9.26 Å². The number of aryl methyl sites for hydroxylation is 1. The summed E-state index contributed by atoms with van der Waals surface area (Å²) in [6.07, 6.45) is 0.511. The first-order valence-corrected chi connectivity index (χ1v) is 6.22. The summed E-state index contributed by atoms with van der Waals surface area (Å²) in [6, 6.07) is 5.09. The predicted octanol–water partition coefficient (Wildman–Crippen LogP) is 2.53. The number of Topliss-reactive ketones (excluding diaryl/α,β-unsaturated/α-hetero) is 1. The summed E-state index contributed by atoms with van der Waals surface area (Å²) in [4.78, 5) is 23.1. The first-order valence-electron chi connectivity index (χ1n) is 6.22. The molecule has 100 valence electrons. The Labute approximate surface area is 110 Å². The second kappa shape index (κ2) is 5.65. The van der Waals surface area contributed by atoms with Gasteiger partial charge in [-0.15, -0.1) is 0 Å². The van der Waals surface area contributed by atoms with Crippen molar-refractivity contribution in [2.24, 2.45) is 0 Å². The Hall–Kier alpha value is -2.17. The van der Waals surface area contributed by atoms with Crippen LogP contribution in [-0.2, 0) is 16.0 Å². The minimum atomic E-state index is -0.514. The molecule has 0 aliphatic carbocycles. The quantitative estimate of drug-likeness (QED) is 0.470. The molecular formula is C14H15NO4. The number of esters is 1. The van der Waals surface area contributed by atoms with Crippen molar-refractivity contribution in [2.75, 3.05) is 6.61 Å². The number of ether oxygens (including phenoxy) is 1. The lowest BCUT2D eigenvalue weighted by Gasteiger charge is -2.01. The van der Waals surface area contributed by atoms with Crippen molar-refractivity contribution in [1.82, 2.24) is 5.16 Å². The van der Waals surface area contributed by atoms with Crippen molar-refractivity contribution in [3.63, 3.8) is 0 Å². The Morgan fingerprint density at radius 3 is 2.79 bits per heavy atom. The lowest BCUT2D eigenvalue weighted by Crippen LogP contribution is -2.11. The van der Waals surface area contributed by atoms with Gasteiger partial charge in [0, 0.05) is 10.9 Å². The smallest absolute Gasteiger partial charge is 0.313 e. The highest BCUT2D eigenvalue weighted by Gasteiger charge is 2.15. The fourth-order valence-electron chi connectivity index (χ4n) is 1.86. The zero-order chi connectivity index (χ0) is 13.8. The maximum absolute atomic E-state index is 11.9. The van der Waals surface area contributed by atoms with Crippen LogP contribution in [0.25, 0.3) is 11.0 Å². The third-order valence-electron chi connectivity index (χ3n) is 2.81. The molecule has 0 fully saturated rings. The molecule has 0 amide bonds. The van der Waals surface area contributed by atoms with E-state index in [1.807, 2.05) is 6.92 Å². The van der Waals surface area contributed by atoms with Crippen LogP contribution in [0.15, 0.2) is 22.7 Å². The van der Waals surface area contributed by atoms with Gasteiger partial charge in [-0.1, -0.05) is 18.1 Å². The first kappa shape index (κ1) is 13.3. The van der Waals surface area contributed by atoms with E-state index in [1.54, 1.807) is 25.1 Å². The van der Waals surface area contributed by atoms with E-state index in [1.165, 1.54) is 0 Å². The summed E-state index contributed by atoms with van der Waals surface area (Å²) < 4.78 is 9.91. The molecule has 0 atom stereocenters. The molecule has 5 heteroatoms. The minimum Gasteiger partial charge on any atom is -0.466 e. The number of ketones is 1. The summed E-state index contributed by atoms with van der Waals surface area (Å²) in [7, 11) is 0. The second-order valence-corrected chi connectivity index (χ2v) is 4.10. The van der Waals surface area contributed by atoms with E-state index in [2.05, 4.69) is 5.16 Å². The van der Waals surface area contributed by atoms with Crippen LogP contribution in [0.3, 0.4) is 0 Å². The van der Waals surface area contributed by atoms with E-state index < -0.39 is 5.97 Å². The zero-order valence-electron chi connectivity index (χ0n) is 10.9. The van der Waals surface area contributed by atoms with Crippen LogP contribution in [0.1, 0.15) is 36.3 Å². The molecule has 0 radical (unpaired) electrons. The summed E-state index contributed by atoms with van der Waals surface area (Å²) in [5.41, 5.74) is 1.85. The average Bonchev–Trinajstić information content (AvgIpc) is 2.80. The normalized spacial score (nSPS) is 10.6. The lowest BCUT2D eigenvalue weighted by molar-refractivity contribution is -0.141. The number of rotatable bonds is 5. The molecule has 1 aromatic carbocycles. The van der Waals surface area contributed by atoms with E-state index in [9.17, 15) is 9.59 Å². The van der Waals surface area contributed by atoms with Crippen LogP contribution < -0.4 is 0 Å². The van der Waals surface area contributed by atoms with Gasteiger partial charge in [0.05, 0.1) is 12.3 Å². The molecule has 1 aromatic heterocycles. The Morgan fingerprint density at radius 2 is 2.11 bits per heavy atom. The molecular weight excluding hydrogens is 246 g/mol. The van der Waals surface area contributed by atoms with Crippen LogP contribution in [0.2, 0.25) is 0 Å². The van der Waals surface area contributed by atoms with Crippen molar-refractivity contribution in [3.05, 3.63) is 29.5 Å². The lowest BCUT2D eigenvalue weighted by atomic mass is 10.1. The van der Waals surface area contributed by atoms with Gasteiger partial charge in [0.15, 0.2) is 11.4 Å². The number of hydrogen-bond donors (Lipinski definition) is 0. The van der Waals surface area contributed by atoms with Crippen molar-refractivity contribution < 1.29 is 18.8 Å². The van der Waals surface area contributed by atoms with Gasteiger partial charge >= 0.3 is 5.97 Å². The van der Waals surface area contributed by atoms with Crippen molar-refractivity contribution in [1.29, 1.82) is 0 Å². The summed E-state index contributed by atoms with van der Waals surface area (Å²) in [6.45, 7) is 3.96. The Balaban J connectivity index is 2.21. The van der Waals surface area contributed by atoms with Gasteiger partial charge in [0.25, 0.3) is 0 Å². The molecule has 0 spiro atoms. The van der Waals surface area contributed by atoms with E-state index in [-0.39, 0.29) is 18.8 Å². The predicted molar refractivity (Wildman–Crippen MR) is 69.0 cm³/mol. The first-order chi connectivity index (χ1) is 9.15. The van der Waals surface area contributed by atoms with Crippen LogP contribution in [0, 0.1) is 0 Å². The Morgan fingerprint density at radius 1 is 1.32 bits per heavy atom. The van der Waals surface area contributed by atoms with Crippen LogP contribution in [-0.4, -0.2) is 23.5 Å². The van der Waals surface area contributed by atoms with Crippen molar-refractivity contribution in [3.8, 4) is 0 Å². The van der Waals surface area contributed by atoms with Gasteiger partial charge in [0.2, 0.25) is 0 Å². The van der Waals surface area contributed by atoms with Crippen LogP contribution in [0.5, 0.6) is 0 Å². The standard InChI is InChI=1S/C14H15NO4/c1-3-11-10-6-5-9(7-13(10)19-15-11)12(16)8-14(17)18-4-2/h5-7H,3-4,8H2,1-2H3. The Bertz CT molecular complexity index is 615. The molecule has 0 N–H and O–H groups in total. The monoisotopic (exact) mass is 261 g/mol. The molecule has 2 aromatic rings. The molecule has 2 rings (SSSR count).